The van der Waals surface area contributed by atoms with Crippen LogP contribution in [0.1, 0.15) is 36.8 Å². The van der Waals surface area contributed by atoms with Crippen molar-refractivity contribution in [3.05, 3.63) is 59.7 Å². The summed E-state index contributed by atoms with van der Waals surface area (Å²) in [5, 5.41) is 36.6. The van der Waals surface area contributed by atoms with E-state index in [1.54, 1.807) is 24.3 Å². The maximum Gasteiger partial charge on any atom is 0.326 e. The number of carbonyl (C=O) groups is 4. The van der Waals surface area contributed by atoms with Gasteiger partial charge in [0.2, 0.25) is 17.7 Å². The van der Waals surface area contributed by atoms with Crippen LogP contribution in [0.5, 0.6) is 11.5 Å². The number of amides is 3. The lowest BCUT2D eigenvalue weighted by Gasteiger charge is -2.25. The Hall–Kier alpha value is -3.81. The molecule has 3 amide bonds. The molecule has 0 aliphatic rings. The molecular weight excluding hydrogens is 562 g/mol. The number of phenolic OH excluding ortho intramolecular Hbond substituents is 2. The van der Waals surface area contributed by atoms with E-state index >= 15 is 0 Å². The minimum atomic E-state index is -1.18. The number of hydrogen-bond acceptors (Lipinski definition) is 9. The highest BCUT2D eigenvalue weighted by Crippen LogP contribution is 2.14. The highest BCUT2D eigenvalue weighted by atomic mass is 32.2. The molecule has 4 atom stereocenters. The molecule has 42 heavy (non-hydrogen) atoms. The first-order valence-corrected chi connectivity index (χ1v) is 15.1. The molecule has 2 aromatic carbocycles. The SMILES string of the molecule is CSCCC(NC(=O)C(Cc1ccc(O)cc1)NC(=O)C(N)Cc1ccc(O)cc1)C(=O)NC(CCCCN)C(=O)O. The van der Waals surface area contributed by atoms with Crippen molar-refractivity contribution in [1.82, 2.24) is 16.0 Å². The Bertz CT molecular complexity index is 1160. The number of aliphatic carboxylic acids is 1. The molecule has 0 saturated heterocycles. The van der Waals surface area contributed by atoms with Crippen LogP contribution in [0.15, 0.2) is 48.5 Å². The van der Waals surface area contributed by atoms with Crippen molar-refractivity contribution in [1.29, 1.82) is 0 Å². The lowest BCUT2D eigenvalue weighted by molar-refractivity contribution is -0.142. The second kappa shape index (κ2) is 17.9. The summed E-state index contributed by atoms with van der Waals surface area (Å²) in [4.78, 5) is 51.4. The quantitative estimate of drug-likeness (QED) is 0.111. The van der Waals surface area contributed by atoms with Crippen LogP contribution in [0, 0.1) is 0 Å². The largest absolute Gasteiger partial charge is 0.508 e. The Morgan fingerprint density at radius 2 is 1.24 bits per heavy atom. The second-order valence-corrected chi connectivity index (χ2v) is 10.9. The van der Waals surface area contributed by atoms with Gasteiger partial charge in [-0.1, -0.05) is 24.3 Å². The monoisotopic (exact) mass is 603 g/mol. The Balaban J connectivity index is 2.20. The number of unbranched alkanes of at least 4 members (excludes halogenated alkanes) is 1. The minimum absolute atomic E-state index is 0.0351. The van der Waals surface area contributed by atoms with Crippen LogP contribution in [0.3, 0.4) is 0 Å². The number of thioether (sulfide) groups is 1. The molecule has 230 valence electrons. The van der Waals surface area contributed by atoms with Gasteiger partial charge in [-0.15, -0.1) is 0 Å². The third kappa shape index (κ3) is 12.0. The van der Waals surface area contributed by atoms with E-state index in [0.717, 1.165) is 0 Å². The lowest BCUT2D eigenvalue weighted by Crippen LogP contribution is -2.57. The van der Waals surface area contributed by atoms with Crippen LogP contribution in [0.4, 0.5) is 0 Å². The Kier molecular flexibility index (Phi) is 14.6. The zero-order valence-corrected chi connectivity index (χ0v) is 24.4. The number of hydrogen-bond donors (Lipinski definition) is 8. The normalized spacial score (nSPS) is 13.8. The van der Waals surface area contributed by atoms with Crippen molar-refractivity contribution in [2.75, 3.05) is 18.6 Å². The summed E-state index contributed by atoms with van der Waals surface area (Å²) in [6.45, 7) is 0.402. The van der Waals surface area contributed by atoms with Crippen LogP contribution in [0.25, 0.3) is 0 Å². The van der Waals surface area contributed by atoms with E-state index < -0.39 is 47.9 Å². The van der Waals surface area contributed by atoms with Crippen molar-refractivity contribution in [3.8, 4) is 11.5 Å². The van der Waals surface area contributed by atoms with Crippen LogP contribution < -0.4 is 27.4 Å². The molecule has 0 spiro atoms. The maximum atomic E-state index is 13.5. The first-order valence-electron chi connectivity index (χ1n) is 13.7. The number of nitrogens with two attached hydrogens (primary N) is 2. The maximum absolute atomic E-state index is 13.5. The fourth-order valence-corrected chi connectivity index (χ4v) is 4.61. The van der Waals surface area contributed by atoms with Gasteiger partial charge in [0.05, 0.1) is 6.04 Å². The highest BCUT2D eigenvalue weighted by molar-refractivity contribution is 7.98. The van der Waals surface area contributed by atoms with Gasteiger partial charge in [0.1, 0.15) is 29.6 Å². The van der Waals surface area contributed by atoms with E-state index in [4.69, 9.17) is 11.5 Å². The summed E-state index contributed by atoms with van der Waals surface area (Å²) in [6.07, 6.45) is 3.58. The molecule has 2 aromatic rings. The van der Waals surface area contributed by atoms with Gasteiger partial charge < -0.3 is 42.7 Å². The smallest absolute Gasteiger partial charge is 0.326 e. The standard InChI is InChI=1S/C29H41N5O7S/c1-42-15-13-23(27(38)33-24(29(40)41)4-2-3-14-30)32-28(39)25(17-19-7-11-21(36)12-8-19)34-26(37)22(31)16-18-5-9-20(35)10-6-18/h5-12,22-25,35-36H,2-4,13-17,30-31H2,1H3,(H,32,39)(H,33,38)(H,34,37)(H,40,41). The van der Waals surface area contributed by atoms with E-state index in [1.807, 2.05) is 6.26 Å². The summed E-state index contributed by atoms with van der Waals surface area (Å²) < 4.78 is 0. The fraction of sp³-hybridized carbons (Fsp3) is 0.448. The molecule has 4 unspecified atom stereocenters. The molecule has 10 N–H and O–H groups in total. The zero-order chi connectivity index (χ0) is 31.1. The number of carbonyl (C=O) groups excluding carboxylic acids is 3. The van der Waals surface area contributed by atoms with Crippen LogP contribution in [-0.2, 0) is 32.0 Å². The van der Waals surface area contributed by atoms with E-state index in [0.29, 0.717) is 36.3 Å². The van der Waals surface area contributed by atoms with Gasteiger partial charge in [-0.25, -0.2) is 4.79 Å². The molecule has 0 aromatic heterocycles. The Morgan fingerprint density at radius 1 is 0.738 bits per heavy atom. The topological polar surface area (TPSA) is 217 Å². The van der Waals surface area contributed by atoms with Crippen molar-refractivity contribution < 1.29 is 34.5 Å². The average molecular weight is 604 g/mol. The van der Waals surface area contributed by atoms with E-state index in [1.165, 1.54) is 36.0 Å². The number of aromatic hydroxyl groups is 2. The van der Waals surface area contributed by atoms with Gasteiger partial charge in [-0.3, -0.25) is 14.4 Å². The van der Waals surface area contributed by atoms with Gasteiger partial charge >= 0.3 is 5.97 Å². The Morgan fingerprint density at radius 3 is 1.76 bits per heavy atom. The molecule has 12 nitrogen and oxygen atoms in total. The molecule has 0 aliphatic carbocycles. The van der Waals surface area contributed by atoms with E-state index in [2.05, 4.69) is 16.0 Å². The Labute approximate surface area is 249 Å². The number of rotatable bonds is 18. The van der Waals surface area contributed by atoms with Gasteiger partial charge in [0, 0.05) is 6.42 Å². The van der Waals surface area contributed by atoms with Crippen LogP contribution in [-0.4, -0.2) is 81.7 Å². The van der Waals surface area contributed by atoms with Gasteiger partial charge in [-0.2, -0.15) is 11.8 Å². The molecular formula is C29H41N5O7S. The number of carboxylic acids is 1. The van der Waals surface area contributed by atoms with Crippen LogP contribution in [0.2, 0.25) is 0 Å². The second-order valence-electron chi connectivity index (χ2n) is 9.94. The zero-order valence-electron chi connectivity index (χ0n) is 23.6. The molecule has 0 aliphatic heterocycles. The van der Waals surface area contributed by atoms with Crippen molar-refractivity contribution in [3.63, 3.8) is 0 Å². The predicted molar refractivity (Wildman–Crippen MR) is 161 cm³/mol. The van der Waals surface area contributed by atoms with Gasteiger partial charge in [0.15, 0.2) is 0 Å². The van der Waals surface area contributed by atoms with Crippen molar-refractivity contribution in [2.24, 2.45) is 11.5 Å². The summed E-state index contributed by atoms with van der Waals surface area (Å²) >= 11 is 1.46. The van der Waals surface area contributed by atoms with Crippen molar-refractivity contribution >= 4 is 35.5 Å². The molecule has 0 bridgehead atoms. The highest BCUT2D eigenvalue weighted by Gasteiger charge is 2.30. The summed E-state index contributed by atoms with van der Waals surface area (Å²) in [5.74, 6) is -2.45. The third-order valence-electron chi connectivity index (χ3n) is 6.54. The first-order chi connectivity index (χ1) is 20.0. The number of carboxylic acid groups (broad SMARTS) is 1. The fourth-order valence-electron chi connectivity index (χ4n) is 4.13. The summed E-state index contributed by atoms with van der Waals surface area (Å²) in [6, 6.07) is 8.03. The molecule has 0 saturated carbocycles. The lowest BCUT2D eigenvalue weighted by atomic mass is 10.0. The predicted octanol–water partition coefficient (Wildman–Crippen LogP) is 0.631. The minimum Gasteiger partial charge on any atom is -0.508 e. The summed E-state index contributed by atoms with van der Waals surface area (Å²) in [7, 11) is 0. The molecule has 0 fully saturated rings. The third-order valence-corrected chi connectivity index (χ3v) is 7.19. The molecule has 13 heteroatoms. The number of benzene rings is 2. The average Bonchev–Trinajstić information content (AvgIpc) is 2.96. The van der Waals surface area contributed by atoms with Crippen molar-refractivity contribution in [2.45, 2.75) is 62.7 Å². The van der Waals surface area contributed by atoms with Crippen LogP contribution >= 0.6 is 11.8 Å². The molecule has 0 heterocycles. The van der Waals surface area contributed by atoms with E-state index in [9.17, 15) is 34.5 Å². The number of phenols is 2. The summed E-state index contributed by atoms with van der Waals surface area (Å²) in [5.41, 5.74) is 13.0. The number of nitrogens with one attached hydrogen (secondary N) is 3. The van der Waals surface area contributed by atoms with Gasteiger partial charge in [-0.05, 0) is 86.0 Å². The van der Waals surface area contributed by atoms with E-state index in [-0.39, 0.29) is 37.2 Å². The van der Waals surface area contributed by atoms with Gasteiger partial charge in [0.25, 0.3) is 0 Å². The first kappa shape index (κ1) is 34.4. The molecule has 0 radical (unpaired) electrons. The molecule has 2 rings (SSSR count).